The summed E-state index contributed by atoms with van der Waals surface area (Å²) in [7, 11) is 1.53. The first kappa shape index (κ1) is 15.1. The number of nitriles is 1. The van der Waals surface area contributed by atoms with Crippen LogP contribution < -0.4 is 0 Å². The molecule has 2 rings (SSSR count). The number of aromatic carboxylic acids is 1. The van der Waals surface area contributed by atoms with Gasteiger partial charge in [0.25, 0.3) is 0 Å². The van der Waals surface area contributed by atoms with E-state index in [1.165, 1.54) is 7.11 Å². The number of hydrogen-bond donors (Lipinski definition) is 1. The fourth-order valence-electron chi connectivity index (χ4n) is 2.43. The average Bonchev–Trinajstić information content (AvgIpc) is 3.25. The SMILES string of the molecule is CO[C@@](C)(C#Cc1cccc(C)c1C(=O)O)C1(C#N)CC1. The Morgan fingerprint density at radius 3 is 2.62 bits per heavy atom. The summed E-state index contributed by atoms with van der Waals surface area (Å²) in [5.41, 5.74) is -0.164. The van der Waals surface area contributed by atoms with Gasteiger partial charge in [-0.2, -0.15) is 5.26 Å². The molecule has 21 heavy (non-hydrogen) atoms. The fourth-order valence-corrected chi connectivity index (χ4v) is 2.43. The average molecular weight is 283 g/mol. The van der Waals surface area contributed by atoms with Gasteiger partial charge in [-0.25, -0.2) is 4.79 Å². The van der Waals surface area contributed by atoms with E-state index in [2.05, 4.69) is 17.9 Å². The maximum Gasteiger partial charge on any atom is 0.337 e. The summed E-state index contributed by atoms with van der Waals surface area (Å²) in [5, 5.41) is 18.6. The van der Waals surface area contributed by atoms with Crippen molar-refractivity contribution in [2.24, 2.45) is 5.41 Å². The van der Waals surface area contributed by atoms with E-state index in [9.17, 15) is 15.2 Å². The van der Waals surface area contributed by atoms with Gasteiger partial charge >= 0.3 is 5.97 Å². The van der Waals surface area contributed by atoms with E-state index in [4.69, 9.17) is 4.74 Å². The van der Waals surface area contributed by atoms with Gasteiger partial charge in [0.2, 0.25) is 0 Å². The number of benzene rings is 1. The number of hydrogen-bond acceptors (Lipinski definition) is 3. The van der Waals surface area contributed by atoms with Gasteiger partial charge < -0.3 is 9.84 Å². The number of aryl methyl sites for hydroxylation is 1. The largest absolute Gasteiger partial charge is 0.478 e. The van der Waals surface area contributed by atoms with Gasteiger partial charge in [-0.3, -0.25) is 0 Å². The molecule has 0 unspecified atom stereocenters. The van der Waals surface area contributed by atoms with Crippen LogP contribution in [0, 0.1) is 35.5 Å². The number of ether oxygens (including phenoxy) is 1. The van der Waals surface area contributed by atoms with Crippen molar-refractivity contribution in [3.05, 3.63) is 34.9 Å². The second kappa shape index (κ2) is 5.24. The monoisotopic (exact) mass is 283 g/mol. The standard InChI is InChI=1S/C17H17NO3/c1-12-5-4-6-13(14(12)15(19)20)7-8-16(2,21-3)17(11-18)9-10-17/h4-6H,9-10H2,1-3H3,(H,19,20)/t16-/m0/s1. The van der Waals surface area contributed by atoms with Crippen LogP contribution in [0.25, 0.3) is 0 Å². The third-order valence-electron chi connectivity index (χ3n) is 4.21. The summed E-state index contributed by atoms with van der Waals surface area (Å²) in [6, 6.07) is 7.47. The molecular weight excluding hydrogens is 266 g/mol. The molecule has 0 aromatic heterocycles. The highest BCUT2D eigenvalue weighted by atomic mass is 16.5. The minimum atomic E-state index is -1.00. The summed E-state index contributed by atoms with van der Waals surface area (Å²) in [5.74, 6) is 4.88. The molecule has 0 aliphatic heterocycles. The van der Waals surface area contributed by atoms with Crippen LogP contribution in [0.3, 0.4) is 0 Å². The molecule has 0 radical (unpaired) electrons. The third kappa shape index (κ3) is 2.51. The van der Waals surface area contributed by atoms with Crippen LogP contribution in [0.5, 0.6) is 0 Å². The van der Waals surface area contributed by atoms with E-state index in [0.717, 1.165) is 12.8 Å². The Morgan fingerprint density at radius 2 is 2.14 bits per heavy atom. The van der Waals surface area contributed by atoms with E-state index in [1.54, 1.807) is 32.0 Å². The minimum absolute atomic E-state index is 0.199. The predicted octanol–water partition coefficient (Wildman–Crippen LogP) is 2.75. The summed E-state index contributed by atoms with van der Waals surface area (Å²) in [4.78, 5) is 11.4. The van der Waals surface area contributed by atoms with Crippen LogP contribution in [0.2, 0.25) is 0 Å². The molecule has 0 bridgehead atoms. The van der Waals surface area contributed by atoms with Crippen molar-refractivity contribution >= 4 is 5.97 Å². The molecule has 108 valence electrons. The first-order valence-electron chi connectivity index (χ1n) is 6.71. The van der Waals surface area contributed by atoms with Crippen molar-refractivity contribution in [1.29, 1.82) is 5.26 Å². The Labute approximate surface area is 124 Å². The zero-order valence-electron chi connectivity index (χ0n) is 12.4. The molecular formula is C17H17NO3. The number of carboxylic acids is 1. The van der Waals surface area contributed by atoms with Crippen molar-refractivity contribution in [3.63, 3.8) is 0 Å². The van der Waals surface area contributed by atoms with Gasteiger partial charge in [-0.1, -0.05) is 24.0 Å². The number of rotatable bonds is 3. The first-order valence-corrected chi connectivity index (χ1v) is 6.71. The topological polar surface area (TPSA) is 70.3 Å². The molecule has 0 spiro atoms. The Kier molecular flexibility index (Phi) is 3.77. The van der Waals surface area contributed by atoms with Gasteiger partial charge in [0.05, 0.1) is 17.0 Å². The summed E-state index contributed by atoms with van der Waals surface area (Å²) in [6.45, 7) is 3.52. The summed E-state index contributed by atoms with van der Waals surface area (Å²) in [6.07, 6.45) is 1.50. The van der Waals surface area contributed by atoms with Gasteiger partial charge in [0.1, 0.15) is 5.60 Å². The predicted molar refractivity (Wildman–Crippen MR) is 77.7 cm³/mol. The van der Waals surface area contributed by atoms with Crippen molar-refractivity contribution in [2.75, 3.05) is 7.11 Å². The lowest BCUT2D eigenvalue weighted by molar-refractivity contribution is 0.0147. The quantitative estimate of drug-likeness (QED) is 0.866. The minimum Gasteiger partial charge on any atom is -0.478 e. The number of carboxylic acid groups (broad SMARTS) is 1. The maximum absolute atomic E-state index is 11.4. The van der Waals surface area contributed by atoms with E-state index in [1.807, 2.05) is 0 Å². The molecule has 1 N–H and O–H groups in total. The zero-order valence-corrected chi connectivity index (χ0v) is 12.4. The van der Waals surface area contributed by atoms with Crippen LogP contribution in [-0.4, -0.2) is 23.8 Å². The van der Waals surface area contributed by atoms with Gasteiger partial charge in [0, 0.05) is 12.7 Å². The lowest BCUT2D eigenvalue weighted by Gasteiger charge is -2.26. The van der Waals surface area contributed by atoms with Crippen molar-refractivity contribution in [3.8, 4) is 17.9 Å². The first-order chi connectivity index (χ1) is 9.89. The van der Waals surface area contributed by atoms with Crippen molar-refractivity contribution in [2.45, 2.75) is 32.3 Å². The van der Waals surface area contributed by atoms with E-state index in [-0.39, 0.29) is 5.56 Å². The van der Waals surface area contributed by atoms with E-state index < -0.39 is 17.0 Å². The van der Waals surface area contributed by atoms with Gasteiger partial charge in [0.15, 0.2) is 0 Å². The van der Waals surface area contributed by atoms with E-state index in [0.29, 0.717) is 11.1 Å². The molecule has 0 amide bonds. The van der Waals surface area contributed by atoms with Crippen molar-refractivity contribution < 1.29 is 14.6 Å². The molecule has 1 aromatic rings. The molecule has 4 nitrogen and oxygen atoms in total. The molecule has 1 atom stereocenters. The molecule has 0 heterocycles. The number of carbonyl (C=O) groups is 1. The highest BCUT2D eigenvalue weighted by Gasteiger charge is 2.58. The lowest BCUT2D eigenvalue weighted by atomic mass is 9.87. The molecule has 4 heteroatoms. The maximum atomic E-state index is 11.4. The normalized spacial score (nSPS) is 17.8. The van der Waals surface area contributed by atoms with Crippen molar-refractivity contribution in [1.82, 2.24) is 0 Å². The second-order valence-electron chi connectivity index (χ2n) is 5.48. The number of nitrogens with zero attached hydrogens (tertiary/aromatic N) is 1. The van der Waals surface area contributed by atoms with Crippen LogP contribution in [0.4, 0.5) is 0 Å². The van der Waals surface area contributed by atoms with Gasteiger partial charge in [-0.15, -0.1) is 0 Å². The second-order valence-corrected chi connectivity index (χ2v) is 5.48. The molecule has 1 saturated carbocycles. The van der Waals surface area contributed by atoms with Crippen LogP contribution in [-0.2, 0) is 4.74 Å². The summed E-state index contributed by atoms with van der Waals surface area (Å²) >= 11 is 0. The fraction of sp³-hybridized carbons (Fsp3) is 0.412. The van der Waals surface area contributed by atoms with E-state index >= 15 is 0 Å². The van der Waals surface area contributed by atoms with Crippen LogP contribution in [0.1, 0.15) is 41.3 Å². The van der Waals surface area contributed by atoms with Crippen LogP contribution in [0.15, 0.2) is 18.2 Å². The molecule has 0 saturated heterocycles. The third-order valence-corrected chi connectivity index (χ3v) is 4.21. The molecule has 1 aromatic carbocycles. The zero-order chi connectivity index (χ0) is 15.7. The Balaban J connectivity index is 2.47. The lowest BCUT2D eigenvalue weighted by Crippen LogP contribution is -2.36. The van der Waals surface area contributed by atoms with Crippen LogP contribution >= 0.6 is 0 Å². The van der Waals surface area contributed by atoms with Gasteiger partial charge in [-0.05, 0) is 38.3 Å². The smallest absolute Gasteiger partial charge is 0.337 e. The molecule has 1 aliphatic rings. The molecule has 1 fully saturated rings. The highest BCUT2D eigenvalue weighted by Crippen LogP contribution is 2.54. The Morgan fingerprint density at radius 1 is 1.48 bits per heavy atom. The Hall–Kier alpha value is -2.30. The number of methoxy groups -OCH3 is 1. The highest BCUT2D eigenvalue weighted by molar-refractivity contribution is 5.92. The Bertz CT molecular complexity index is 686. The molecule has 1 aliphatic carbocycles. The summed E-state index contributed by atoms with van der Waals surface area (Å²) < 4.78 is 5.46.